The normalized spacial score (nSPS) is 14.0. The van der Waals surface area contributed by atoms with Gasteiger partial charge in [0.25, 0.3) is 5.69 Å². The molecule has 1 aliphatic carbocycles. The molecule has 1 saturated carbocycles. The number of nitrogens with zero attached hydrogens (tertiary/aromatic N) is 2. The lowest BCUT2D eigenvalue weighted by Crippen LogP contribution is -2.25. The Bertz CT molecular complexity index is 510. The zero-order chi connectivity index (χ0) is 15.4. The van der Waals surface area contributed by atoms with Crippen LogP contribution in [0.1, 0.15) is 23.2 Å². The van der Waals surface area contributed by atoms with Gasteiger partial charge in [0.15, 0.2) is 0 Å². The average molecular weight is 294 g/mol. The van der Waals surface area contributed by atoms with E-state index in [4.69, 9.17) is 4.74 Å². The van der Waals surface area contributed by atoms with E-state index in [2.05, 4.69) is 0 Å². The minimum absolute atomic E-state index is 0.0751. The summed E-state index contributed by atoms with van der Waals surface area (Å²) in [5, 5.41) is 20.3. The highest BCUT2D eigenvalue weighted by molar-refractivity contribution is 5.97. The molecule has 0 saturated heterocycles. The van der Waals surface area contributed by atoms with E-state index in [1.807, 2.05) is 0 Å². The van der Waals surface area contributed by atoms with Crippen LogP contribution in [0.3, 0.4) is 0 Å². The Balaban J connectivity index is 2.10. The molecular weight excluding hydrogens is 276 g/mol. The maximum absolute atomic E-state index is 11.2. The number of aromatic carboxylic acids is 1. The fraction of sp³-hybridized carbons (Fsp3) is 0.500. The van der Waals surface area contributed by atoms with Gasteiger partial charge in [-0.25, -0.2) is 4.79 Å². The Kier molecular flexibility index (Phi) is 4.74. The van der Waals surface area contributed by atoms with Gasteiger partial charge in [-0.15, -0.1) is 0 Å². The molecule has 0 atom stereocenters. The first-order chi connectivity index (χ1) is 10.0. The third-order valence-corrected chi connectivity index (χ3v) is 3.45. The highest BCUT2D eigenvalue weighted by atomic mass is 16.6. The molecule has 1 aliphatic rings. The molecule has 7 heteroatoms. The van der Waals surface area contributed by atoms with Crippen LogP contribution in [0.4, 0.5) is 11.4 Å². The SMILES string of the molecule is CN(CCOCC1CC1)c1c(C(=O)O)cccc1[N+](=O)[O-]. The van der Waals surface area contributed by atoms with E-state index in [-0.39, 0.29) is 16.9 Å². The van der Waals surface area contributed by atoms with Gasteiger partial charge < -0.3 is 14.7 Å². The second kappa shape index (κ2) is 6.53. The van der Waals surface area contributed by atoms with Crippen LogP contribution in [-0.2, 0) is 4.74 Å². The monoisotopic (exact) mass is 294 g/mol. The molecule has 0 aliphatic heterocycles. The van der Waals surface area contributed by atoms with Gasteiger partial charge in [-0.05, 0) is 24.8 Å². The first-order valence-electron chi connectivity index (χ1n) is 6.80. The number of anilines is 1. The molecule has 0 spiro atoms. The van der Waals surface area contributed by atoms with Crippen LogP contribution in [0.5, 0.6) is 0 Å². The Morgan fingerprint density at radius 1 is 1.52 bits per heavy atom. The molecule has 1 aromatic carbocycles. The van der Waals surface area contributed by atoms with Crippen LogP contribution < -0.4 is 4.90 Å². The summed E-state index contributed by atoms with van der Waals surface area (Å²) in [5.74, 6) is -0.532. The molecule has 114 valence electrons. The van der Waals surface area contributed by atoms with E-state index in [0.29, 0.717) is 25.7 Å². The molecule has 1 aromatic rings. The number of benzene rings is 1. The molecule has 0 heterocycles. The quantitative estimate of drug-likeness (QED) is 0.448. The summed E-state index contributed by atoms with van der Waals surface area (Å²) in [6.07, 6.45) is 2.40. The Morgan fingerprint density at radius 3 is 2.81 bits per heavy atom. The fourth-order valence-corrected chi connectivity index (χ4v) is 2.10. The molecule has 2 rings (SSSR count). The van der Waals surface area contributed by atoms with Crippen molar-refractivity contribution < 1.29 is 19.6 Å². The van der Waals surface area contributed by atoms with E-state index < -0.39 is 10.9 Å². The number of hydrogen-bond acceptors (Lipinski definition) is 5. The fourth-order valence-electron chi connectivity index (χ4n) is 2.10. The van der Waals surface area contributed by atoms with E-state index in [0.717, 1.165) is 0 Å². The first kappa shape index (κ1) is 15.2. The lowest BCUT2D eigenvalue weighted by molar-refractivity contribution is -0.384. The smallest absolute Gasteiger partial charge is 0.338 e. The molecule has 21 heavy (non-hydrogen) atoms. The third-order valence-electron chi connectivity index (χ3n) is 3.45. The number of carboxylic acids is 1. The van der Waals surface area contributed by atoms with Gasteiger partial charge in [-0.3, -0.25) is 10.1 Å². The summed E-state index contributed by atoms with van der Waals surface area (Å²) in [7, 11) is 1.63. The number of likely N-dealkylation sites (N-methyl/N-ethyl adjacent to an activating group) is 1. The number of ether oxygens (including phenoxy) is 1. The molecule has 1 fully saturated rings. The number of nitro benzene ring substituents is 1. The zero-order valence-corrected chi connectivity index (χ0v) is 11.8. The van der Waals surface area contributed by atoms with Crippen LogP contribution in [0.25, 0.3) is 0 Å². The standard InChI is InChI=1S/C14H18N2O5/c1-15(7-8-21-9-10-5-6-10)13-11(14(17)18)3-2-4-12(13)16(19)20/h2-4,10H,5-9H2,1H3,(H,17,18). The second-order valence-electron chi connectivity index (χ2n) is 5.18. The first-order valence-corrected chi connectivity index (χ1v) is 6.80. The van der Waals surface area contributed by atoms with Crippen molar-refractivity contribution in [3.8, 4) is 0 Å². The van der Waals surface area contributed by atoms with Gasteiger partial charge in [-0.1, -0.05) is 6.07 Å². The summed E-state index contributed by atoms with van der Waals surface area (Å²) >= 11 is 0. The molecule has 0 amide bonds. The molecule has 0 aromatic heterocycles. The minimum atomic E-state index is -1.18. The van der Waals surface area contributed by atoms with Crippen LogP contribution in [0.2, 0.25) is 0 Å². The number of carbonyl (C=O) groups is 1. The Labute approximate surface area is 122 Å². The van der Waals surface area contributed by atoms with Gasteiger partial charge in [0, 0.05) is 26.3 Å². The van der Waals surface area contributed by atoms with Crippen molar-refractivity contribution in [2.75, 3.05) is 31.7 Å². The van der Waals surface area contributed by atoms with Crippen molar-refractivity contribution >= 4 is 17.3 Å². The van der Waals surface area contributed by atoms with Gasteiger partial charge >= 0.3 is 5.97 Å². The number of carboxylic acid groups (broad SMARTS) is 1. The molecular formula is C14H18N2O5. The van der Waals surface area contributed by atoms with Gasteiger partial charge in [0.2, 0.25) is 0 Å². The summed E-state index contributed by atoms with van der Waals surface area (Å²) in [5.41, 5.74) is -0.168. The average Bonchev–Trinajstić information content (AvgIpc) is 3.26. The third kappa shape index (κ3) is 3.91. The van der Waals surface area contributed by atoms with Crippen molar-refractivity contribution in [2.45, 2.75) is 12.8 Å². The number of hydrogen-bond donors (Lipinski definition) is 1. The van der Waals surface area contributed by atoms with Crippen molar-refractivity contribution in [1.29, 1.82) is 0 Å². The van der Waals surface area contributed by atoms with Crippen molar-refractivity contribution in [1.82, 2.24) is 0 Å². The number of rotatable bonds is 8. The van der Waals surface area contributed by atoms with Crippen LogP contribution in [0.15, 0.2) is 18.2 Å². The predicted octanol–water partition coefficient (Wildman–Crippen LogP) is 2.16. The topological polar surface area (TPSA) is 92.9 Å². The highest BCUT2D eigenvalue weighted by Gasteiger charge is 2.25. The molecule has 0 radical (unpaired) electrons. The second-order valence-corrected chi connectivity index (χ2v) is 5.18. The number of nitro groups is 1. The van der Waals surface area contributed by atoms with E-state index in [9.17, 15) is 20.0 Å². The van der Waals surface area contributed by atoms with Gasteiger partial charge in [-0.2, -0.15) is 0 Å². The van der Waals surface area contributed by atoms with Crippen molar-refractivity contribution in [2.24, 2.45) is 5.92 Å². The Hall–Kier alpha value is -2.15. The van der Waals surface area contributed by atoms with Crippen LogP contribution in [0, 0.1) is 16.0 Å². The Morgan fingerprint density at radius 2 is 2.24 bits per heavy atom. The van der Waals surface area contributed by atoms with Crippen LogP contribution in [-0.4, -0.2) is 42.8 Å². The predicted molar refractivity (Wildman–Crippen MR) is 76.9 cm³/mol. The number of para-hydroxylation sites is 1. The minimum Gasteiger partial charge on any atom is -0.478 e. The van der Waals surface area contributed by atoms with Crippen LogP contribution >= 0.6 is 0 Å². The van der Waals surface area contributed by atoms with Gasteiger partial charge in [0.1, 0.15) is 5.69 Å². The lowest BCUT2D eigenvalue weighted by atomic mass is 10.1. The van der Waals surface area contributed by atoms with Crippen molar-refractivity contribution in [3.05, 3.63) is 33.9 Å². The van der Waals surface area contributed by atoms with E-state index in [1.165, 1.54) is 31.0 Å². The van der Waals surface area contributed by atoms with E-state index >= 15 is 0 Å². The highest BCUT2D eigenvalue weighted by Crippen LogP contribution is 2.31. The lowest BCUT2D eigenvalue weighted by Gasteiger charge is -2.20. The maximum Gasteiger partial charge on any atom is 0.338 e. The summed E-state index contributed by atoms with van der Waals surface area (Å²) < 4.78 is 5.49. The van der Waals surface area contributed by atoms with Crippen molar-refractivity contribution in [3.63, 3.8) is 0 Å². The van der Waals surface area contributed by atoms with E-state index in [1.54, 1.807) is 11.9 Å². The molecule has 7 nitrogen and oxygen atoms in total. The maximum atomic E-state index is 11.2. The molecule has 0 bridgehead atoms. The largest absolute Gasteiger partial charge is 0.478 e. The summed E-state index contributed by atoms with van der Waals surface area (Å²) in [6, 6.07) is 4.05. The van der Waals surface area contributed by atoms with Gasteiger partial charge in [0.05, 0.1) is 17.1 Å². The molecule has 1 N–H and O–H groups in total. The summed E-state index contributed by atoms with van der Waals surface area (Å²) in [4.78, 5) is 23.3. The summed E-state index contributed by atoms with van der Waals surface area (Å²) in [6.45, 7) is 1.52. The molecule has 0 unspecified atom stereocenters. The zero-order valence-electron chi connectivity index (χ0n) is 11.8.